The minimum absolute atomic E-state index is 0.148. The van der Waals surface area contributed by atoms with Crippen LogP contribution < -0.4 is 15.9 Å². The van der Waals surface area contributed by atoms with Crippen molar-refractivity contribution < 1.29 is 15.2 Å². The molecule has 0 aliphatic heterocycles. The molecule has 1 fully saturated rings. The van der Waals surface area contributed by atoms with E-state index in [0.717, 1.165) is 29.7 Å². The Hall–Kier alpha value is -3.62. The highest BCUT2D eigenvalue weighted by molar-refractivity contribution is 6.13. The van der Waals surface area contributed by atoms with Crippen LogP contribution >= 0.6 is 0 Å². The minimum Gasteiger partial charge on any atom is -0.326 e. The van der Waals surface area contributed by atoms with E-state index in [9.17, 15) is 10.0 Å². The first kappa shape index (κ1) is 27.6. The molecule has 8 heteroatoms. The molecule has 1 atom stereocenters. The number of aliphatic imine (C=N–C) groups is 1. The molecule has 0 radical (unpaired) electrons. The van der Waals surface area contributed by atoms with Gasteiger partial charge in [0.25, 0.3) is 0 Å². The quantitative estimate of drug-likeness (QED) is 0.209. The van der Waals surface area contributed by atoms with Gasteiger partial charge in [0.05, 0.1) is 34.9 Å². The summed E-state index contributed by atoms with van der Waals surface area (Å²) in [5, 5.41) is 13.0. The molecule has 0 bridgehead atoms. The number of quaternary nitrogens is 1. The summed E-state index contributed by atoms with van der Waals surface area (Å²) < 4.78 is 0. The van der Waals surface area contributed by atoms with Crippen LogP contribution in [0.15, 0.2) is 79.0 Å². The molecule has 1 aliphatic rings. The van der Waals surface area contributed by atoms with Crippen molar-refractivity contribution in [1.82, 2.24) is 20.7 Å². The van der Waals surface area contributed by atoms with Crippen molar-refractivity contribution >= 4 is 22.8 Å². The first-order chi connectivity index (χ1) is 16.5. The van der Waals surface area contributed by atoms with Crippen molar-refractivity contribution in [2.75, 3.05) is 0 Å². The zero-order valence-electron chi connectivity index (χ0n) is 21.4. The molecule has 1 aromatic rings. The molecule has 0 aromatic carbocycles. The van der Waals surface area contributed by atoms with Crippen LogP contribution in [0.2, 0.25) is 0 Å². The van der Waals surface area contributed by atoms with Gasteiger partial charge in [0, 0.05) is 18.5 Å². The van der Waals surface area contributed by atoms with Gasteiger partial charge >= 0.3 is 0 Å². The number of carbonyl (C=O) groups is 1. The highest BCUT2D eigenvalue weighted by Crippen LogP contribution is 2.22. The van der Waals surface area contributed by atoms with Crippen LogP contribution in [0.5, 0.6) is 0 Å². The molecule has 1 saturated carbocycles. The summed E-state index contributed by atoms with van der Waals surface area (Å²) in [6.45, 7) is 20.9. The highest BCUT2D eigenvalue weighted by atomic mass is 16.5. The predicted molar refractivity (Wildman–Crippen MR) is 141 cm³/mol. The molecular formula is C27H37N6O2+. The number of hydrogen-bond acceptors (Lipinski definition) is 6. The second-order valence-electron chi connectivity index (χ2n) is 8.98. The van der Waals surface area contributed by atoms with E-state index >= 15 is 0 Å². The lowest BCUT2D eigenvalue weighted by atomic mass is 9.85. The maximum absolute atomic E-state index is 13.1. The number of amides is 1. The van der Waals surface area contributed by atoms with Crippen molar-refractivity contribution in [3.8, 4) is 0 Å². The summed E-state index contributed by atoms with van der Waals surface area (Å²) in [5.74, 6) is -0.00350. The summed E-state index contributed by atoms with van der Waals surface area (Å²) in [6.07, 6.45) is 14.2. The van der Waals surface area contributed by atoms with E-state index < -0.39 is 5.41 Å². The van der Waals surface area contributed by atoms with Gasteiger partial charge in [-0.05, 0) is 57.9 Å². The fourth-order valence-electron chi connectivity index (χ4n) is 3.01. The Morgan fingerprint density at radius 3 is 2.40 bits per heavy atom. The van der Waals surface area contributed by atoms with Gasteiger partial charge in [-0.1, -0.05) is 43.1 Å². The smallest absolute Gasteiger partial charge is 0.236 e. The number of nitrogens with zero attached hydrogens (tertiary/aromatic N) is 3. The summed E-state index contributed by atoms with van der Waals surface area (Å²) in [6, 6.07) is 0.148. The molecule has 1 unspecified atom stereocenters. The van der Waals surface area contributed by atoms with Crippen LogP contribution in [0.4, 0.5) is 0 Å². The molecule has 4 N–H and O–H groups in total. The van der Waals surface area contributed by atoms with Crippen molar-refractivity contribution in [1.29, 1.82) is 0 Å². The third kappa shape index (κ3) is 7.98. The van der Waals surface area contributed by atoms with Gasteiger partial charge in [-0.2, -0.15) is 10.6 Å². The van der Waals surface area contributed by atoms with Gasteiger partial charge in [0.2, 0.25) is 5.91 Å². The van der Waals surface area contributed by atoms with Crippen LogP contribution in [0.3, 0.4) is 0 Å². The number of carbonyl (C=O) groups excluding carboxylic acids is 1. The van der Waals surface area contributed by atoms with Crippen LogP contribution in [0, 0.1) is 5.41 Å². The Labute approximate surface area is 208 Å². The number of hydrogen-bond donors (Lipinski definition) is 4. The van der Waals surface area contributed by atoms with Gasteiger partial charge in [0.15, 0.2) is 5.82 Å². The van der Waals surface area contributed by atoms with E-state index in [1.54, 1.807) is 44.5 Å². The van der Waals surface area contributed by atoms with Crippen molar-refractivity contribution in [3.63, 3.8) is 0 Å². The van der Waals surface area contributed by atoms with Crippen LogP contribution in [-0.2, 0) is 4.79 Å². The van der Waals surface area contributed by atoms with Gasteiger partial charge in [-0.15, -0.1) is 0 Å². The molecule has 0 spiro atoms. The number of rotatable bonds is 12. The number of nitrogens with one attached hydrogen (secondary N) is 3. The Kier molecular flexibility index (Phi) is 9.62. The third-order valence-corrected chi connectivity index (χ3v) is 5.44. The first-order valence-corrected chi connectivity index (χ1v) is 11.6. The average molecular weight is 478 g/mol. The molecular weight excluding hydrogens is 440 g/mol. The molecule has 0 saturated heterocycles. The topological polar surface area (TPSA) is 104 Å². The fraction of sp³-hybridized carbons (Fsp3) is 0.333. The number of aromatic nitrogens is 2. The lowest BCUT2D eigenvalue weighted by Crippen LogP contribution is -3.17. The zero-order chi connectivity index (χ0) is 26.2. The maximum Gasteiger partial charge on any atom is 0.236 e. The summed E-state index contributed by atoms with van der Waals surface area (Å²) in [5.41, 5.74) is 5.83. The van der Waals surface area contributed by atoms with Crippen LogP contribution in [0.1, 0.15) is 58.8 Å². The molecule has 1 heterocycles. The predicted octanol–water partition coefficient (Wildman–Crippen LogP) is 3.55. The maximum atomic E-state index is 13.1. The Morgan fingerprint density at radius 1 is 1.17 bits per heavy atom. The number of allylic oxidation sites excluding steroid dienone is 7. The largest absolute Gasteiger partial charge is 0.326 e. The summed E-state index contributed by atoms with van der Waals surface area (Å²) in [4.78, 5) is 26.4. The SMILES string of the molecule is C=C(/C=C\C(=C/C)c1cncc(C(=C)C)n1)NC(=O)C(C)(C)C(/C=C\C)=N/C(=C)N[NH+](O)C1CC1. The van der Waals surface area contributed by atoms with Gasteiger partial charge in [-0.25, -0.2) is 9.98 Å². The fourth-order valence-corrected chi connectivity index (χ4v) is 3.01. The third-order valence-electron chi connectivity index (χ3n) is 5.44. The molecule has 1 aliphatic carbocycles. The van der Waals surface area contributed by atoms with Crippen molar-refractivity contribution in [3.05, 3.63) is 85.4 Å². The first-order valence-electron chi connectivity index (χ1n) is 11.6. The van der Waals surface area contributed by atoms with E-state index in [0.29, 0.717) is 17.1 Å². The second kappa shape index (κ2) is 12.2. The van der Waals surface area contributed by atoms with Gasteiger partial charge in [-0.3, -0.25) is 9.78 Å². The summed E-state index contributed by atoms with van der Waals surface area (Å²) in [7, 11) is 0. The molecule has 2 rings (SSSR count). The van der Waals surface area contributed by atoms with Crippen LogP contribution in [-0.4, -0.2) is 32.8 Å². The Morgan fingerprint density at radius 2 is 1.83 bits per heavy atom. The lowest BCUT2D eigenvalue weighted by Gasteiger charge is -2.24. The minimum atomic E-state index is -0.992. The Balaban J connectivity index is 2.11. The van der Waals surface area contributed by atoms with Gasteiger partial charge in [0.1, 0.15) is 6.04 Å². The van der Waals surface area contributed by atoms with E-state index in [1.807, 2.05) is 32.9 Å². The van der Waals surface area contributed by atoms with E-state index in [4.69, 9.17) is 0 Å². The highest BCUT2D eigenvalue weighted by Gasteiger charge is 2.35. The molecule has 8 nitrogen and oxygen atoms in total. The zero-order valence-corrected chi connectivity index (χ0v) is 21.4. The van der Waals surface area contributed by atoms with E-state index in [1.165, 1.54) is 0 Å². The standard InChI is InChI=1S/C27H36N6O2/c1-9-11-25(30-20(6)32-33(35)22-14-15-22)27(7,8)26(34)29-19(5)12-13-21(10-2)24-17-28-16-23(31-24)18(3)4/h9-13,16-17,22,32,35H,3,5-6,14-15H2,1-2,4,7-8H3,(H,29,34)/p+1/b11-9-,13-12-,21-10+,30-25+. The Bertz CT molecular complexity index is 1110. The second-order valence-corrected chi connectivity index (χ2v) is 8.98. The molecule has 1 amide bonds. The molecule has 186 valence electrons. The monoisotopic (exact) mass is 477 g/mol. The van der Waals surface area contributed by atoms with Crippen molar-refractivity contribution in [2.24, 2.45) is 10.4 Å². The van der Waals surface area contributed by atoms with Crippen LogP contribution in [0.25, 0.3) is 11.1 Å². The van der Waals surface area contributed by atoms with E-state index in [2.05, 4.69) is 45.4 Å². The van der Waals surface area contributed by atoms with Crippen molar-refractivity contribution in [2.45, 2.75) is 53.5 Å². The normalized spacial score (nSPS) is 15.8. The van der Waals surface area contributed by atoms with Gasteiger partial charge < -0.3 is 5.32 Å². The number of hydroxylamine groups is 1. The average Bonchev–Trinajstić information content (AvgIpc) is 3.65. The van der Waals surface area contributed by atoms with E-state index in [-0.39, 0.29) is 22.9 Å². The lowest BCUT2D eigenvalue weighted by molar-refractivity contribution is -1.13. The molecule has 35 heavy (non-hydrogen) atoms. The molecule has 1 aromatic heterocycles. The summed E-state index contributed by atoms with van der Waals surface area (Å²) >= 11 is 0.